The third-order valence-electron chi connectivity index (χ3n) is 2.27. The smallest absolute Gasteiger partial charge is 0.212 e. The molecule has 0 aromatic heterocycles. The highest BCUT2D eigenvalue weighted by Gasteiger charge is 2.21. The van der Waals surface area contributed by atoms with Crippen molar-refractivity contribution in [2.24, 2.45) is 11.3 Å². The van der Waals surface area contributed by atoms with Crippen molar-refractivity contribution in [1.82, 2.24) is 0 Å². The van der Waals surface area contributed by atoms with Gasteiger partial charge in [0.1, 0.15) is 0 Å². The summed E-state index contributed by atoms with van der Waals surface area (Å²) in [5, 5.41) is 0. The van der Waals surface area contributed by atoms with Gasteiger partial charge in [-0.05, 0) is 17.8 Å². The minimum Gasteiger partial charge on any atom is -0.212 e. The molecule has 0 saturated carbocycles. The molecule has 2 nitrogen and oxygen atoms in total. The second kappa shape index (κ2) is 3.97. The zero-order valence-electron chi connectivity index (χ0n) is 8.09. The molecule has 0 bridgehead atoms. The Morgan fingerprint density at radius 2 is 1.75 bits per heavy atom. The maximum absolute atomic E-state index is 10.6. The Morgan fingerprint density at radius 1 is 1.33 bits per heavy atom. The molecule has 74 valence electrons. The van der Waals surface area contributed by atoms with Gasteiger partial charge in [-0.3, -0.25) is 0 Å². The van der Waals surface area contributed by atoms with E-state index in [-0.39, 0.29) is 11.2 Å². The molecule has 0 radical (unpaired) electrons. The Bertz CT molecular complexity index is 226. The minimum atomic E-state index is -3.31. The highest BCUT2D eigenvalue weighted by atomic mass is 35.7. The van der Waals surface area contributed by atoms with E-state index in [0.29, 0.717) is 12.3 Å². The van der Waals surface area contributed by atoms with Crippen molar-refractivity contribution in [3.8, 4) is 0 Å². The second-order valence-electron chi connectivity index (χ2n) is 4.30. The van der Waals surface area contributed by atoms with Gasteiger partial charge in [-0.1, -0.05) is 27.7 Å². The highest BCUT2D eigenvalue weighted by Crippen LogP contribution is 2.28. The Morgan fingerprint density at radius 3 is 2.00 bits per heavy atom. The molecule has 0 N–H and O–H groups in total. The number of halogens is 1. The zero-order valence-corrected chi connectivity index (χ0v) is 9.67. The van der Waals surface area contributed by atoms with Crippen LogP contribution in [0.2, 0.25) is 0 Å². The summed E-state index contributed by atoms with van der Waals surface area (Å²) in [6.45, 7) is 8.33. The van der Waals surface area contributed by atoms with Crippen molar-refractivity contribution in [3.63, 3.8) is 0 Å². The summed E-state index contributed by atoms with van der Waals surface area (Å²) in [4.78, 5) is 0. The van der Waals surface area contributed by atoms with E-state index in [4.69, 9.17) is 10.7 Å². The third kappa shape index (κ3) is 5.84. The normalized spacial score (nSPS) is 16.1. The standard InChI is InChI=1S/C8H17ClO2S/c1-7(8(2,3)4)5-6-12(9,10)11/h7H,5-6H2,1-4H3. The lowest BCUT2D eigenvalue weighted by molar-refractivity contribution is 0.255. The Kier molecular flexibility index (Phi) is 4.04. The van der Waals surface area contributed by atoms with Crippen molar-refractivity contribution in [2.45, 2.75) is 34.1 Å². The van der Waals surface area contributed by atoms with Crippen LogP contribution in [0.25, 0.3) is 0 Å². The Hall–Kier alpha value is 0.240. The lowest BCUT2D eigenvalue weighted by atomic mass is 9.81. The van der Waals surface area contributed by atoms with E-state index >= 15 is 0 Å². The summed E-state index contributed by atoms with van der Waals surface area (Å²) in [7, 11) is 1.79. The predicted molar refractivity (Wildman–Crippen MR) is 52.9 cm³/mol. The predicted octanol–water partition coefficient (Wildman–Crippen LogP) is 2.63. The molecular formula is C8H17ClO2S. The molecule has 0 heterocycles. The van der Waals surface area contributed by atoms with Crippen LogP contribution in [-0.4, -0.2) is 14.2 Å². The monoisotopic (exact) mass is 212 g/mol. The molecule has 0 rings (SSSR count). The van der Waals surface area contributed by atoms with Crippen molar-refractivity contribution in [3.05, 3.63) is 0 Å². The molecule has 0 aromatic rings. The zero-order chi connectivity index (χ0) is 9.99. The summed E-state index contributed by atoms with van der Waals surface area (Å²) in [5.74, 6) is 0.443. The van der Waals surface area contributed by atoms with E-state index in [1.165, 1.54) is 0 Å². The molecule has 0 aromatic carbocycles. The maximum atomic E-state index is 10.6. The Labute approximate surface area is 79.7 Å². The van der Waals surface area contributed by atoms with Crippen LogP contribution in [-0.2, 0) is 9.05 Å². The molecule has 0 aliphatic rings. The SMILES string of the molecule is CC(CCS(=O)(=O)Cl)C(C)(C)C. The topological polar surface area (TPSA) is 34.1 Å². The minimum absolute atomic E-state index is 0.0764. The Balaban J connectivity index is 3.97. The van der Waals surface area contributed by atoms with E-state index in [0.717, 1.165) is 0 Å². The van der Waals surface area contributed by atoms with Crippen LogP contribution in [0.4, 0.5) is 0 Å². The van der Waals surface area contributed by atoms with Gasteiger partial charge in [0.05, 0.1) is 5.75 Å². The van der Waals surface area contributed by atoms with Crippen molar-refractivity contribution in [2.75, 3.05) is 5.75 Å². The van der Waals surface area contributed by atoms with Gasteiger partial charge in [-0.25, -0.2) is 8.42 Å². The van der Waals surface area contributed by atoms with E-state index in [1.807, 2.05) is 6.92 Å². The van der Waals surface area contributed by atoms with E-state index in [9.17, 15) is 8.42 Å². The van der Waals surface area contributed by atoms with Crippen LogP contribution in [0.15, 0.2) is 0 Å². The quantitative estimate of drug-likeness (QED) is 0.674. The molecule has 4 heteroatoms. The summed E-state index contributed by atoms with van der Waals surface area (Å²) in [5.41, 5.74) is 0.154. The average molecular weight is 213 g/mol. The number of rotatable bonds is 3. The first-order valence-corrected chi connectivity index (χ1v) is 6.53. The van der Waals surface area contributed by atoms with Gasteiger partial charge in [-0.2, -0.15) is 0 Å². The molecule has 0 aliphatic carbocycles. The van der Waals surface area contributed by atoms with Gasteiger partial charge in [-0.15, -0.1) is 0 Å². The van der Waals surface area contributed by atoms with Crippen LogP contribution in [0, 0.1) is 11.3 Å². The fraction of sp³-hybridized carbons (Fsp3) is 1.00. The van der Waals surface area contributed by atoms with Crippen LogP contribution < -0.4 is 0 Å². The molecule has 12 heavy (non-hydrogen) atoms. The van der Waals surface area contributed by atoms with Crippen molar-refractivity contribution >= 4 is 19.7 Å². The first kappa shape index (κ1) is 12.2. The van der Waals surface area contributed by atoms with Gasteiger partial charge >= 0.3 is 0 Å². The first-order chi connectivity index (χ1) is 5.13. The van der Waals surface area contributed by atoms with Gasteiger partial charge in [0, 0.05) is 10.7 Å². The summed E-state index contributed by atoms with van der Waals surface area (Å²) >= 11 is 0. The lowest BCUT2D eigenvalue weighted by Crippen LogP contribution is -2.19. The number of hydrogen-bond acceptors (Lipinski definition) is 2. The molecule has 0 amide bonds. The van der Waals surface area contributed by atoms with Crippen LogP contribution >= 0.6 is 10.7 Å². The van der Waals surface area contributed by atoms with Crippen molar-refractivity contribution in [1.29, 1.82) is 0 Å². The fourth-order valence-corrected chi connectivity index (χ4v) is 1.65. The van der Waals surface area contributed by atoms with Crippen LogP contribution in [0.3, 0.4) is 0 Å². The van der Waals surface area contributed by atoms with Gasteiger partial charge in [0.2, 0.25) is 9.05 Å². The molecule has 0 fully saturated rings. The van der Waals surface area contributed by atoms with Crippen LogP contribution in [0.1, 0.15) is 34.1 Å². The maximum Gasteiger partial charge on any atom is 0.232 e. The average Bonchev–Trinajstić information content (AvgIpc) is 1.78. The van der Waals surface area contributed by atoms with Gasteiger partial charge < -0.3 is 0 Å². The molecule has 1 unspecified atom stereocenters. The van der Waals surface area contributed by atoms with E-state index < -0.39 is 9.05 Å². The lowest BCUT2D eigenvalue weighted by Gasteiger charge is -2.26. The third-order valence-corrected chi connectivity index (χ3v) is 3.46. The highest BCUT2D eigenvalue weighted by molar-refractivity contribution is 8.13. The molecule has 0 aliphatic heterocycles. The second-order valence-corrected chi connectivity index (χ2v) is 7.20. The van der Waals surface area contributed by atoms with Crippen molar-refractivity contribution < 1.29 is 8.42 Å². The van der Waals surface area contributed by atoms with E-state index in [2.05, 4.69) is 20.8 Å². The number of hydrogen-bond donors (Lipinski definition) is 0. The van der Waals surface area contributed by atoms with Gasteiger partial charge in [0.25, 0.3) is 0 Å². The largest absolute Gasteiger partial charge is 0.232 e. The van der Waals surface area contributed by atoms with E-state index in [1.54, 1.807) is 0 Å². The fourth-order valence-electron chi connectivity index (χ4n) is 0.751. The summed E-state index contributed by atoms with van der Waals surface area (Å²) in [6.07, 6.45) is 0.634. The molecular weight excluding hydrogens is 196 g/mol. The van der Waals surface area contributed by atoms with Gasteiger partial charge in [0.15, 0.2) is 0 Å². The molecule has 0 saturated heterocycles. The summed E-state index contributed by atoms with van der Waals surface area (Å²) in [6, 6.07) is 0. The molecule has 0 spiro atoms. The summed E-state index contributed by atoms with van der Waals surface area (Å²) < 4.78 is 21.3. The molecule has 1 atom stereocenters. The van der Waals surface area contributed by atoms with Crippen LogP contribution in [0.5, 0.6) is 0 Å². The first-order valence-electron chi connectivity index (χ1n) is 4.05.